The van der Waals surface area contributed by atoms with E-state index in [1.54, 1.807) is 33.2 Å². The van der Waals surface area contributed by atoms with Gasteiger partial charge in [-0.1, -0.05) is 13.8 Å². The number of furan rings is 1. The average Bonchev–Trinajstić information content (AvgIpc) is 2.77. The smallest absolute Gasteiger partial charge is 0.326 e. The zero-order chi connectivity index (χ0) is 13.7. The minimum Gasteiger partial charge on any atom is -0.480 e. The van der Waals surface area contributed by atoms with Gasteiger partial charge in [0.2, 0.25) is 0 Å². The predicted octanol–water partition coefficient (Wildman–Crippen LogP) is 1.53. The van der Waals surface area contributed by atoms with Crippen LogP contribution in [-0.2, 0) is 11.3 Å². The standard InChI is InChI=1S/C12H18N2O4/c1-8(2)10(11(15)16)13-12(17)14(3)6-9-4-5-18-7-9/h4-5,7-8,10H,6H2,1-3H3,(H,13,17)(H,15,16)/t10-/m1/s1. The molecule has 0 fully saturated rings. The summed E-state index contributed by atoms with van der Waals surface area (Å²) in [5, 5.41) is 11.5. The number of amides is 2. The van der Waals surface area contributed by atoms with E-state index < -0.39 is 18.0 Å². The van der Waals surface area contributed by atoms with E-state index in [1.807, 2.05) is 0 Å². The SMILES string of the molecule is CC(C)[C@@H](NC(=O)N(C)Cc1ccoc1)C(=O)O. The van der Waals surface area contributed by atoms with Crippen LogP contribution >= 0.6 is 0 Å². The summed E-state index contributed by atoms with van der Waals surface area (Å²) in [6, 6.07) is 0.447. The third kappa shape index (κ3) is 3.80. The lowest BCUT2D eigenvalue weighted by Gasteiger charge is -2.22. The van der Waals surface area contributed by atoms with Crippen LogP contribution in [0, 0.1) is 5.92 Å². The molecule has 0 saturated heterocycles. The molecule has 0 saturated carbocycles. The summed E-state index contributed by atoms with van der Waals surface area (Å²) in [5.74, 6) is -1.20. The highest BCUT2D eigenvalue weighted by Gasteiger charge is 2.24. The molecule has 0 bridgehead atoms. The van der Waals surface area contributed by atoms with Crippen LogP contribution in [0.3, 0.4) is 0 Å². The molecule has 0 aliphatic rings. The van der Waals surface area contributed by atoms with E-state index in [1.165, 1.54) is 11.2 Å². The van der Waals surface area contributed by atoms with Crippen molar-refractivity contribution in [1.29, 1.82) is 0 Å². The van der Waals surface area contributed by atoms with E-state index in [9.17, 15) is 9.59 Å². The maximum absolute atomic E-state index is 11.8. The third-order valence-corrected chi connectivity index (χ3v) is 2.56. The van der Waals surface area contributed by atoms with Crippen LogP contribution < -0.4 is 5.32 Å². The molecule has 6 heteroatoms. The summed E-state index contributed by atoms with van der Waals surface area (Å²) in [6.07, 6.45) is 3.07. The van der Waals surface area contributed by atoms with Gasteiger partial charge in [-0.25, -0.2) is 9.59 Å². The van der Waals surface area contributed by atoms with Crippen molar-refractivity contribution in [2.45, 2.75) is 26.4 Å². The highest BCUT2D eigenvalue weighted by atomic mass is 16.4. The number of hydrogen-bond donors (Lipinski definition) is 2. The monoisotopic (exact) mass is 254 g/mol. The molecule has 0 spiro atoms. The average molecular weight is 254 g/mol. The molecule has 2 N–H and O–H groups in total. The quantitative estimate of drug-likeness (QED) is 0.834. The van der Waals surface area contributed by atoms with Gasteiger partial charge in [-0.3, -0.25) is 0 Å². The molecule has 1 aromatic rings. The van der Waals surface area contributed by atoms with E-state index in [0.717, 1.165) is 5.56 Å². The molecule has 0 aliphatic carbocycles. The largest absolute Gasteiger partial charge is 0.480 e. The molecule has 1 atom stereocenters. The maximum Gasteiger partial charge on any atom is 0.326 e. The Balaban J connectivity index is 2.56. The number of nitrogens with one attached hydrogen (secondary N) is 1. The van der Waals surface area contributed by atoms with E-state index in [0.29, 0.717) is 6.54 Å². The molecule has 0 aliphatic heterocycles. The Labute approximate surface area is 106 Å². The molecule has 0 radical (unpaired) electrons. The lowest BCUT2D eigenvalue weighted by atomic mass is 10.1. The molecule has 6 nitrogen and oxygen atoms in total. The van der Waals surface area contributed by atoms with Crippen molar-refractivity contribution in [2.24, 2.45) is 5.92 Å². The molecular weight excluding hydrogens is 236 g/mol. The van der Waals surface area contributed by atoms with Crippen molar-refractivity contribution >= 4 is 12.0 Å². The van der Waals surface area contributed by atoms with Crippen LogP contribution in [0.15, 0.2) is 23.0 Å². The number of hydrogen-bond acceptors (Lipinski definition) is 3. The van der Waals surface area contributed by atoms with Crippen molar-refractivity contribution in [2.75, 3.05) is 7.05 Å². The molecule has 0 unspecified atom stereocenters. The second-order valence-corrected chi connectivity index (χ2v) is 4.50. The summed E-state index contributed by atoms with van der Waals surface area (Å²) in [6.45, 7) is 3.86. The summed E-state index contributed by atoms with van der Waals surface area (Å²) < 4.78 is 4.90. The Bertz CT molecular complexity index is 400. The number of carboxylic acids is 1. The number of aliphatic carboxylic acids is 1. The van der Waals surface area contributed by atoms with Crippen molar-refractivity contribution in [3.63, 3.8) is 0 Å². The zero-order valence-corrected chi connectivity index (χ0v) is 10.7. The first-order valence-electron chi connectivity index (χ1n) is 5.67. The van der Waals surface area contributed by atoms with Crippen molar-refractivity contribution in [3.05, 3.63) is 24.2 Å². The highest BCUT2D eigenvalue weighted by molar-refractivity contribution is 5.82. The molecule has 0 aromatic carbocycles. The minimum absolute atomic E-state index is 0.172. The molecule has 100 valence electrons. The summed E-state index contributed by atoms with van der Waals surface area (Å²) in [5.41, 5.74) is 0.851. The number of carbonyl (C=O) groups is 2. The minimum atomic E-state index is -1.03. The van der Waals surface area contributed by atoms with Gasteiger partial charge in [-0.15, -0.1) is 0 Å². The fourth-order valence-electron chi connectivity index (χ4n) is 1.49. The Morgan fingerprint density at radius 3 is 2.61 bits per heavy atom. The van der Waals surface area contributed by atoms with E-state index in [-0.39, 0.29) is 5.92 Å². The van der Waals surface area contributed by atoms with Crippen LogP contribution in [0.5, 0.6) is 0 Å². The number of carbonyl (C=O) groups excluding carboxylic acids is 1. The van der Waals surface area contributed by atoms with Crippen molar-refractivity contribution < 1.29 is 19.1 Å². The fraction of sp³-hybridized carbons (Fsp3) is 0.500. The Morgan fingerprint density at radius 1 is 1.50 bits per heavy atom. The lowest BCUT2D eigenvalue weighted by Crippen LogP contribution is -2.48. The molecule has 18 heavy (non-hydrogen) atoms. The topological polar surface area (TPSA) is 82.8 Å². The molecule has 1 rings (SSSR count). The zero-order valence-electron chi connectivity index (χ0n) is 10.7. The Hall–Kier alpha value is -1.98. The van der Waals surface area contributed by atoms with Crippen LogP contribution in [0.4, 0.5) is 4.79 Å². The third-order valence-electron chi connectivity index (χ3n) is 2.56. The fourth-order valence-corrected chi connectivity index (χ4v) is 1.49. The molecule has 2 amide bonds. The van der Waals surface area contributed by atoms with Gasteiger partial charge in [0.05, 0.1) is 19.1 Å². The predicted molar refractivity (Wildman–Crippen MR) is 65.0 cm³/mol. The summed E-state index contributed by atoms with van der Waals surface area (Å²) in [4.78, 5) is 24.2. The van der Waals surface area contributed by atoms with E-state index >= 15 is 0 Å². The van der Waals surface area contributed by atoms with E-state index in [4.69, 9.17) is 9.52 Å². The van der Waals surface area contributed by atoms with Gasteiger partial charge >= 0.3 is 12.0 Å². The van der Waals surface area contributed by atoms with Crippen molar-refractivity contribution in [1.82, 2.24) is 10.2 Å². The first kappa shape index (κ1) is 14.1. The summed E-state index contributed by atoms with van der Waals surface area (Å²) >= 11 is 0. The second kappa shape index (κ2) is 6.09. The number of carboxylic acid groups (broad SMARTS) is 1. The van der Waals surface area contributed by atoms with Crippen LogP contribution in [0.25, 0.3) is 0 Å². The maximum atomic E-state index is 11.8. The summed E-state index contributed by atoms with van der Waals surface area (Å²) in [7, 11) is 1.60. The van der Waals surface area contributed by atoms with Crippen LogP contribution in [0.2, 0.25) is 0 Å². The normalized spacial score (nSPS) is 12.2. The molecule has 1 aromatic heterocycles. The number of nitrogens with zero attached hydrogens (tertiary/aromatic N) is 1. The van der Waals surface area contributed by atoms with Crippen LogP contribution in [0.1, 0.15) is 19.4 Å². The first-order chi connectivity index (χ1) is 8.41. The van der Waals surface area contributed by atoms with Gasteiger partial charge in [0.1, 0.15) is 6.04 Å². The van der Waals surface area contributed by atoms with E-state index in [2.05, 4.69) is 5.32 Å². The molecular formula is C12H18N2O4. The van der Waals surface area contributed by atoms with Gasteiger partial charge in [0, 0.05) is 12.6 Å². The Morgan fingerprint density at radius 2 is 2.17 bits per heavy atom. The van der Waals surface area contributed by atoms with Gasteiger partial charge in [-0.2, -0.15) is 0 Å². The molecule has 1 heterocycles. The Kier molecular flexibility index (Phi) is 4.76. The highest BCUT2D eigenvalue weighted by Crippen LogP contribution is 2.06. The number of rotatable bonds is 5. The van der Waals surface area contributed by atoms with Gasteiger partial charge < -0.3 is 19.7 Å². The second-order valence-electron chi connectivity index (χ2n) is 4.50. The number of urea groups is 1. The van der Waals surface area contributed by atoms with Crippen molar-refractivity contribution in [3.8, 4) is 0 Å². The lowest BCUT2D eigenvalue weighted by molar-refractivity contribution is -0.140. The van der Waals surface area contributed by atoms with Crippen LogP contribution in [-0.4, -0.2) is 35.1 Å². The van der Waals surface area contributed by atoms with Gasteiger partial charge in [0.25, 0.3) is 0 Å². The van der Waals surface area contributed by atoms with Gasteiger partial charge in [0.15, 0.2) is 0 Å². The van der Waals surface area contributed by atoms with Gasteiger partial charge in [-0.05, 0) is 12.0 Å². The first-order valence-corrected chi connectivity index (χ1v) is 5.67.